The van der Waals surface area contributed by atoms with Crippen LogP contribution < -0.4 is 5.14 Å². The van der Waals surface area contributed by atoms with Crippen molar-refractivity contribution in [3.8, 4) is 5.75 Å². The van der Waals surface area contributed by atoms with Crippen LogP contribution in [0.5, 0.6) is 5.75 Å². The Bertz CT molecular complexity index is 1390. The largest absolute Gasteiger partial charge is 0.508 e. The Morgan fingerprint density at radius 3 is 2.52 bits per heavy atom. The third kappa shape index (κ3) is 3.85. The monoisotopic (exact) mass is 434 g/mol. The number of carbonyl (C=O) groups excluding carboxylic acids is 1. The molecule has 1 heterocycles. The van der Waals surface area contributed by atoms with Crippen molar-refractivity contribution in [3.63, 3.8) is 0 Å². The number of rotatable bonds is 5. The number of Topliss-reactive ketones (excluding diaryl/α,β-unsaturated/α-hetero) is 1. The molecule has 0 atom stereocenters. The van der Waals surface area contributed by atoms with Gasteiger partial charge >= 0.3 is 0 Å². The summed E-state index contributed by atoms with van der Waals surface area (Å²) in [5, 5.41) is 16.1. The minimum Gasteiger partial charge on any atom is -0.508 e. The third-order valence-electron chi connectivity index (χ3n) is 5.39. The van der Waals surface area contributed by atoms with E-state index in [0.29, 0.717) is 18.7 Å². The van der Waals surface area contributed by atoms with Crippen LogP contribution in [0.3, 0.4) is 0 Å². The molecule has 0 unspecified atom stereocenters. The van der Waals surface area contributed by atoms with Gasteiger partial charge < -0.3 is 9.67 Å². The summed E-state index contributed by atoms with van der Waals surface area (Å²) in [7, 11) is -3.78. The highest BCUT2D eigenvalue weighted by atomic mass is 32.2. The molecule has 2 aromatic carbocycles. The molecular weight excluding hydrogens is 412 g/mol. The van der Waals surface area contributed by atoms with Gasteiger partial charge in [0, 0.05) is 29.9 Å². The smallest absolute Gasteiger partial charge is 0.238 e. The topological polar surface area (TPSA) is 102 Å². The van der Waals surface area contributed by atoms with Crippen molar-refractivity contribution in [1.29, 1.82) is 0 Å². The number of hydrogen-bond acceptors (Lipinski definition) is 4. The third-order valence-corrected chi connectivity index (χ3v) is 6.32. The quantitative estimate of drug-likeness (QED) is 0.589. The summed E-state index contributed by atoms with van der Waals surface area (Å²) >= 11 is 0. The summed E-state index contributed by atoms with van der Waals surface area (Å²) in [6, 6.07) is 11.3. The van der Waals surface area contributed by atoms with Crippen LogP contribution in [-0.2, 0) is 16.6 Å². The van der Waals surface area contributed by atoms with Crippen LogP contribution in [0, 0.1) is 0 Å². The standard InChI is InChI=1S/C24H22N2O4S/c1-15-5-3-4-6-20(15)23-21-13-18(28)9-12-22(21)26(24(23)16(2)27)14-17-7-10-19(11-8-17)31(25,29)30/h3-4,6-13,28H,1,5,14H2,2H3,(H2,25,29,30). The predicted molar refractivity (Wildman–Crippen MR) is 121 cm³/mol. The summed E-state index contributed by atoms with van der Waals surface area (Å²) in [4.78, 5) is 12.8. The molecule has 0 saturated heterocycles. The minimum absolute atomic E-state index is 0.0291. The fraction of sp³-hybridized carbons (Fsp3) is 0.125. The first-order valence-corrected chi connectivity index (χ1v) is 11.2. The fourth-order valence-corrected chi connectivity index (χ4v) is 4.49. The zero-order chi connectivity index (χ0) is 22.3. The van der Waals surface area contributed by atoms with E-state index in [0.717, 1.165) is 33.2 Å². The number of aromatic nitrogens is 1. The average molecular weight is 435 g/mol. The van der Waals surface area contributed by atoms with Gasteiger partial charge in [-0.3, -0.25) is 4.79 Å². The van der Waals surface area contributed by atoms with E-state index in [1.165, 1.54) is 19.1 Å². The molecule has 7 heteroatoms. The van der Waals surface area contributed by atoms with Gasteiger partial charge in [-0.15, -0.1) is 0 Å². The normalized spacial score (nSPS) is 14.1. The van der Waals surface area contributed by atoms with E-state index in [9.17, 15) is 18.3 Å². The van der Waals surface area contributed by atoms with Crippen molar-refractivity contribution in [2.75, 3.05) is 0 Å². The maximum absolute atomic E-state index is 12.8. The molecule has 1 aliphatic rings. The van der Waals surface area contributed by atoms with Gasteiger partial charge in [-0.05, 0) is 53.5 Å². The van der Waals surface area contributed by atoms with Crippen molar-refractivity contribution in [1.82, 2.24) is 4.57 Å². The number of sulfonamides is 1. The zero-order valence-electron chi connectivity index (χ0n) is 17.0. The number of benzene rings is 2. The van der Waals surface area contributed by atoms with E-state index in [2.05, 4.69) is 6.58 Å². The van der Waals surface area contributed by atoms with E-state index in [1.54, 1.807) is 30.3 Å². The Balaban J connectivity index is 1.94. The van der Waals surface area contributed by atoms with E-state index >= 15 is 0 Å². The lowest BCUT2D eigenvalue weighted by atomic mass is 9.90. The molecule has 1 aliphatic carbocycles. The van der Waals surface area contributed by atoms with Gasteiger partial charge in [-0.25, -0.2) is 13.6 Å². The van der Waals surface area contributed by atoms with Crippen molar-refractivity contribution in [2.45, 2.75) is 24.8 Å². The lowest BCUT2D eigenvalue weighted by Gasteiger charge is -2.15. The Morgan fingerprint density at radius 2 is 1.90 bits per heavy atom. The number of ketones is 1. The fourth-order valence-electron chi connectivity index (χ4n) is 3.98. The molecule has 4 rings (SSSR count). The molecule has 31 heavy (non-hydrogen) atoms. The van der Waals surface area contributed by atoms with Gasteiger partial charge in [0.2, 0.25) is 10.0 Å². The molecule has 0 spiro atoms. The summed E-state index contributed by atoms with van der Waals surface area (Å²) in [5.41, 5.74) is 4.61. The number of primary sulfonamides is 1. The number of aromatic hydroxyl groups is 1. The number of nitrogens with zero attached hydrogens (tertiary/aromatic N) is 1. The average Bonchev–Trinajstić information content (AvgIpc) is 3.01. The van der Waals surface area contributed by atoms with Gasteiger partial charge in [0.05, 0.1) is 10.6 Å². The Kier molecular flexibility index (Phi) is 5.16. The van der Waals surface area contributed by atoms with Crippen LogP contribution in [0.2, 0.25) is 0 Å². The Labute approximate surface area is 180 Å². The highest BCUT2D eigenvalue weighted by Gasteiger charge is 2.25. The summed E-state index contributed by atoms with van der Waals surface area (Å²) < 4.78 is 25.0. The van der Waals surface area contributed by atoms with Gasteiger partial charge in [0.15, 0.2) is 5.78 Å². The molecule has 1 aromatic heterocycles. The first-order chi connectivity index (χ1) is 14.7. The van der Waals surface area contributed by atoms with E-state index in [4.69, 9.17) is 5.14 Å². The van der Waals surface area contributed by atoms with Gasteiger partial charge in [-0.2, -0.15) is 0 Å². The Morgan fingerprint density at radius 1 is 1.19 bits per heavy atom. The second kappa shape index (κ2) is 7.68. The molecular formula is C24H22N2O4S. The van der Waals surface area contributed by atoms with Crippen molar-refractivity contribution in [3.05, 3.63) is 89.7 Å². The number of nitrogens with two attached hydrogens (primary N) is 1. The van der Waals surface area contributed by atoms with Gasteiger partial charge in [-0.1, -0.05) is 36.9 Å². The predicted octanol–water partition coefficient (Wildman–Crippen LogP) is 4.14. The van der Waals surface area contributed by atoms with E-state index in [1.807, 2.05) is 22.8 Å². The van der Waals surface area contributed by atoms with E-state index < -0.39 is 10.0 Å². The maximum atomic E-state index is 12.8. The molecule has 0 saturated carbocycles. The van der Waals surface area contributed by atoms with Crippen LogP contribution >= 0.6 is 0 Å². The number of carbonyl (C=O) groups is 1. The highest BCUT2D eigenvalue weighted by molar-refractivity contribution is 7.89. The van der Waals surface area contributed by atoms with Crippen molar-refractivity contribution in [2.24, 2.45) is 5.14 Å². The number of phenols is 1. The van der Waals surface area contributed by atoms with Crippen molar-refractivity contribution < 1.29 is 18.3 Å². The lowest BCUT2D eigenvalue weighted by Crippen LogP contribution is -2.13. The van der Waals surface area contributed by atoms with Crippen LogP contribution in [-0.4, -0.2) is 23.9 Å². The summed E-state index contributed by atoms with van der Waals surface area (Å²) in [6.45, 7) is 6.01. The molecule has 0 fully saturated rings. The molecule has 6 nitrogen and oxygen atoms in total. The molecule has 0 amide bonds. The molecule has 3 aromatic rings. The first-order valence-electron chi connectivity index (χ1n) is 9.70. The molecule has 3 N–H and O–H groups in total. The maximum Gasteiger partial charge on any atom is 0.238 e. The molecule has 0 aliphatic heterocycles. The lowest BCUT2D eigenvalue weighted by molar-refractivity contribution is 0.100. The number of allylic oxidation sites excluding steroid dienone is 5. The molecule has 0 bridgehead atoms. The first kappa shape index (κ1) is 20.8. The zero-order valence-corrected chi connectivity index (χ0v) is 17.8. The second-order valence-corrected chi connectivity index (χ2v) is 9.13. The van der Waals surface area contributed by atoms with Crippen LogP contribution in [0.4, 0.5) is 0 Å². The summed E-state index contributed by atoms with van der Waals surface area (Å²) in [6.07, 6.45) is 6.56. The minimum atomic E-state index is -3.78. The van der Waals surface area contributed by atoms with Crippen LogP contribution in [0.1, 0.15) is 35.0 Å². The Hall–Kier alpha value is -3.42. The second-order valence-electron chi connectivity index (χ2n) is 7.57. The van der Waals surface area contributed by atoms with E-state index in [-0.39, 0.29) is 16.4 Å². The van der Waals surface area contributed by atoms with Gasteiger partial charge in [0.1, 0.15) is 5.75 Å². The van der Waals surface area contributed by atoms with Crippen LogP contribution in [0.15, 0.2) is 77.7 Å². The number of phenolic OH excluding ortho intramolecular Hbond substituents is 1. The molecule has 158 valence electrons. The highest BCUT2D eigenvalue weighted by Crippen LogP contribution is 2.39. The van der Waals surface area contributed by atoms with Crippen molar-refractivity contribution >= 4 is 32.3 Å². The number of hydrogen-bond donors (Lipinski definition) is 2. The number of fused-ring (bicyclic) bond motifs is 1. The van der Waals surface area contributed by atoms with Crippen LogP contribution in [0.25, 0.3) is 16.5 Å². The SMILES string of the molecule is C=C1CC=CC=C1c1c(C(C)=O)n(Cc2ccc(S(N)(=O)=O)cc2)c2ccc(O)cc12. The van der Waals surface area contributed by atoms with Gasteiger partial charge in [0.25, 0.3) is 0 Å². The summed E-state index contributed by atoms with van der Waals surface area (Å²) in [5.74, 6) is -0.00818. The molecule has 0 radical (unpaired) electrons.